The zero-order valence-corrected chi connectivity index (χ0v) is 16.9. The first-order valence-corrected chi connectivity index (χ1v) is 9.43. The van der Waals surface area contributed by atoms with Gasteiger partial charge in [-0.2, -0.15) is 0 Å². The lowest BCUT2D eigenvalue weighted by Gasteiger charge is -2.24. The molecule has 1 N–H and O–H groups in total. The molecule has 0 unspecified atom stereocenters. The number of rotatable bonds is 6. The first kappa shape index (κ1) is 20.2. The lowest BCUT2D eigenvalue weighted by molar-refractivity contribution is -0.140. The first-order valence-electron chi connectivity index (χ1n) is 9.05. The quantitative estimate of drug-likeness (QED) is 0.454. The van der Waals surface area contributed by atoms with E-state index >= 15 is 0 Å². The Labute approximate surface area is 169 Å². The molecule has 28 heavy (non-hydrogen) atoms. The molecule has 7 heteroatoms. The summed E-state index contributed by atoms with van der Waals surface area (Å²) in [4.78, 5) is 29.0. The Balaban J connectivity index is 2.05. The van der Waals surface area contributed by atoms with Crippen LogP contribution in [-0.4, -0.2) is 53.8 Å². The van der Waals surface area contributed by atoms with Crippen molar-refractivity contribution in [1.82, 2.24) is 9.80 Å². The van der Waals surface area contributed by atoms with E-state index in [1.807, 2.05) is 19.0 Å². The average Bonchev–Trinajstić information content (AvgIpc) is 3.18. The molecule has 0 bridgehead atoms. The number of aryl methyl sites for hydroxylation is 1. The highest BCUT2D eigenvalue weighted by Gasteiger charge is 2.47. The Morgan fingerprint density at radius 1 is 1.18 bits per heavy atom. The maximum atomic E-state index is 12.8. The number of carbonyl (C=O) groups is 2. The van der Waals surface area contributed by atoms with Crippen molar-refractivity contribution in [3.8, 4) is 0 Å². The van der Waals surface area contributed by atoms with Gasteiger partial charge >= 0.3 is 0 Å². The average molecular weight is 403 g/mol. The van der Waals surface area contributed by atoms with Crippen molar-refractivity contribution in [1.29, 1.82) is 0 Å². The standard InChI is InChI=1S/C21H23ClN2O4/c1-13-5-10-16(28-13)18-17(19(25)14-6-8-15(22)9-7-14)20(26)21(27)24(18)12-4-11-23(2)3/h5-10,18,25H,4,11-12H2,1-3H3/t18-/m1/s1. The molecule has 6 nitrogen and oxygen atoms in total. The number of Topliss-reactive ketones (excluding diaryl/α,β-unsaturated/α-hetero) is 1. The number of hydrogen-bond acceptors (Lipinski definition) is 5. The minimum absolute atomic E-state index is 0.0338. The van der Waals surface area contributed by atoms with Crippen LogP contribution in [0.15, 0.2) is 46.4 Å². The highest BCUT2D eigenvalue weighted by molar-refractivity contribution is 6.46. The minimum Gasteiger partial charge on any atom is -0.507 e. The van der Waals surface area contributed by atoms with Gasteiger partial charge in [-0.1, -0.05) is 11.6 Å². The summed E-state index contributed by atoms with van der Waals surface area (Å²) in [6, 6.07) is 9.22. The molecule has 1 fully saturated rings. The number of amides is 1. The second kappa shape index (κ2) is 8.20. The fourth-order valence-corrected chi connectivity index (χ4v) is 3.45. The summed E-state index contributed by atoms with van der Waals surface area (Å²) in [5.41, 5.74) is 0.454. The van der Waals surface area contributed by atoms with Crippen LogP contribution in [-0.2, 0) is 9.59 Å². The molecular formula is C21H23ClN2O4. The summed E-state index contributed by atoms with van der Waals surface area (Å²) in [7, 11) is 3.89. The van der Waals surface area contributed by atoms with Crippen molar-refractivity contribution in [3.05, 3.63) is 64.1 Å². The van der Waals surface area contributed by atoms with Crippen LogP contribution in [0, 0.1) is 6.92 Å². The lowest BCUT2D eigenvalue weighted by atomic mass is 9.99. The molecule has 0 spiro atoms. The van der Waals surface area contributed by atoms with Gasteiger partial charge in [0.15, 0.2) is 0 Å². The topological polar surface area (TPSA) is 74.0 Å². The molecule has 2 aromatic rings. The van der Waals surface area contributed by atoms with E-state index in [4.69, 9.17) is 16.0 Å². The zero-order chi connectivity index (χ0) is 20.4. The van der Waals surface area contributed by atoms with Gasteiger partial charge in [-0.05, 0) is 70.4 Å². The highest BCUT2D eigenvalue weighted by Crippen LogP contribution is 2.40. The van der Waals surface area contributed by atoms with Gasteiger partial charge in [0.1, 0.15) is 23.3 Å². The van der Waals surface area contributed by atoms with Gasteiger partial charge in [-0.25, -0.2) is 0 Å². The van der Waals surface area contributed by atoms with Crippen LogP contribution in [0.1, 0.15) is 29.5 Å². The molecule has 1 aliphatic rings. The van der Waals surface area contributed by atoms with Gasteiger partial charge < -0.3 is 19.3 Å². The molecule has 1 saturated heterocycles. The van der Waals surface area contributed by atoms with Gasteiger partial charge in [0.2, 0.25) is 0 Å². The Morgan fingerprint density at radius 2 is 1.86 bits per heavy atom. The summed E-state index contributed by atoms with van der Waals surface area (Å²) in [5.74, 6) is -0.453. The summed E-state index contributed by atoms with van der Waals surface area (Å²) in [6.07, 6.45) is 0.692. The van der Waals surface area contributed by atoms with Gasteiger partial charge in [-0.15, -0.1) is 0 Å². The van der Waals surface area contributed by atoms with Crippen molar-refractivity contribution in [2.45, 2.75) is 19.4 Å². The van der Waals surface area contributed by atoms with Crippen molar-refractivity contribution in [2.75, 3.05) is 27.2 Å². The number of hydrogen-bond donors (Lipinski definition) is 1. The van der Waals surface area contributed by atoms with E-state index in [2.05, 4.69) is 0 Å². The molecule has 2 heterocycles. The molecule has 0 radical (unpaired) electrons. The third-order valence-electron chi connectivity index (χ3n) is 4.69. The first-order chi connectivity index (χ1) is 13.3. The van der Waals surface area contributed by atoms with Crippen LogP contribution in [0.3, 0.4) is 0 Å². The number of furan rings is 1. The number of carbonyl (C=O) groups excluding carboxylic acids is 2. The predicted octanol–water partition coefficient (Wildman–Crippen LogP) is 3.61. The highest BCUT2D eigenvalue weighted by atomic mass is 35.5. The second-order valence-corrected chi connectivity index (χ2v) is 7.54. The van der Waals surface area contributed by atoms with Crippen molar-refractivity contribution >= 4 is 29.1 Å². The van der Waals surface area contributed by atoms with Gasteiger partial charge in [0, 0.05) is 17.1 Å². The SMILES string of the molecule is Cc1ccc([C@@H]2C(=C(O)c3ccc(Cl)cc3)C(=O)C(=O)N2CCCN(C)C)o1. The van der Waals surface area contributed by atoms with Crippen LogP contribution >= 0.6 is 11.6 Å². The normalized spacial score (nSPS) is 19.0. The van der Waals surface area contributed by atoms with Gasteiger partial charge in [0.05, 0.1) is 5.57 Å². The van der Waals surface area contributed by atoms with Crippen LogP contribution in [0.2, 0.25) is 5.02 Å². The Kier molecular flexibility index (Phi) is 5.91. The van der Waals surface area contributed by atoms with E-state index in [1.165, 1.54) is 4.90 Å². The summed E-state index contributed by atoms with van der Waals surface area (Å²) < 4.78 is 5.73. The molecule has 0 saturated carbocycles. The van der Waals surface area contributed by atoms with E-state index in [1.54, 1.807) is 43.3 Å². The maximum Gasteiger partial charge on any atom is 0.295 e. The molecular weight excluding hydrogens is 380 g/mol. The Bertz CT molecular complexity index is 915. The molecule has 1 amide bonds. The Hall–Kier alpha value is -2.57. The molecule has 0 aliphatic carbocycles. The number of aliphatic hydroxyl groups excluding tert-OH is 1. The van der Waals surface area contributed by atoms with Crippen molar-refractivity contribution < 1.29 is 19.1 Å². The summed E-state index contributed by atoms with van der Waals surface area (Å²) in [6.45, 7) is 2.94. The van der Waals surface area contributed by atoms with Crippen LogP contribution < -0.4 is 0 Å². The molecule has 1 aromatic heterocycles. The van der Waals surface area contributed by atoms with E-state index < -0.39 is 17.7 Å². The number of benzene rings is 1. The van der Waals surface area contributed by atoms with Crippen LogP contribution in [0.4, 0.5) is 0 Å². The number of ketones is 1. The molecule has 1 aromatic carbocycles. The second-order valence-electron chi connectivity index (χ2n) is 7.10. The third kappa shape index (κ3) is 3.98. The molecule has 1 aliphatic heterocycles. The third-order valence-corrected chi connectivity index (χ3v) is 4.94. The number of aliphatic hydroxyl groups is 1. The smallest absolute Gasteiger partial charge is 0.295 e. The maximum absolute atomic E-state index is 12.8. The van der Waals surface area contributed by atoms with Crippen molar-refractivity contribution in [3.63, 3.8) is 0 Å². The zero-order valence-electron chi connectivity index (χ0n) is 16.1. The molecule has 3 rings (SSSR count). The summed E-state index contributed by atoms with van der Waals surface area (Å²) in [5, 5.41) is 11.4. The monoisotopic (exact) mass is 402 g/mol. The van der Waals surface area contributed by atoms with Crippen molar-refractivity contribution in [2.24, 2.45) is 0 Å². The predicted molar refractivity (Wildman–Crippen MR) is 107 cm³/mol. The minimum atomic E-state index is -0.758. The number of likely N-dealkylation sites (tertiary alicyclic amines) is 1. The van der Waals surface area contributed by atoms with E-state index in [-0.39, 0.29) is 11.3 Å². The van der Waals surface area contributed by atoms with E-state index in [0.717, 1.165) is 6.54 Å². The lowest BCUT2D eigenvalue weighted by Crippen LogP contribution is -2.32. The number of halogens is 1. The van der Waals surface area contributed by atoms with Gasteiger partial charge in [0.25, 0.3) is 11.7 Å². The largest absolute Gasteiger partial charge is 0.507 e. The molecule has 1 atom stereocenters. The van der Waals surface area contributed by atoms with Crippen LogP contribution in [0.5, 0.6) is 0 Å². The fraction of sp³-hybridized carbons (Fsp3) is 0.333. The van der Waals surface area contributed by atoms with E-state index in [0.29, 0.717) is 35.1 Å². The fourth-order valence-electron chi connectivity index (χ4n) is 3.33. The van der Waals surface area contributed by atoms with Crippen LogP contribution in [0.25, 0.3) is 5.76 Å². The van der Waals surface area contributed by atoms with Gasteiger partial charge in [-0.3, -0.25) is 9.59 Å². The summed E-state index contributed by atoms with van der Waals surface area (Å²) >= 11 is 5.92. The number of nitrogens with zero attached hydrogens (tertiary/aromatic N) is 2. The Morgan fingerprint density at radius 3 is 2.43 bits per heavy atom. The van der Waals surface area contributed by atoms with E-state index in [9.17, 15) is 14.7 Å². The molecule has 148 valence electrons.